The molecule has 6 heteroatoms. The van der Waals surface area contributed by atoms with E-state index in [0.717, 1.165) is 24.9 Å². The van der Waals surface area contributed by atoms with Gasteiger partial charge < -0.3 is 20.1 Å². The molecule has 2 amide bonds. The van der Waals surface area contributed by atoms with E-state index in [1.165, 1.54) is 0 Å². The van der Waals surface area contributed by atoms with E-state index in [1.54, 1.807) is 0 Å². The molecule has 1 aliphatic rings. The highest BCUT2D eigenvalue weighted by Gasteiger charge is 2.25. The Kier molecular flexibility index (Phi) is 8.41. The number of carboxylic acids is 1. The monoisotopic (exact) mass is 362 g/mol. The van der Waals surface area contributed by atoms with Gasteiger partial charge in [-0.15, -0.1) is 0 Å². The van der Waals surface area contributed by atoms with Crippen LogP contribution in [0.1, 0.15) is 38.2 Å². The predicted molar refractivity (Wildman–Crippen MR) is 100 cm³/mol. The quantitative estimate of drug-likeness (QED) is 0.708. The van der Waals surface area contributed by atoms with Gasteiger partial charge in [0.05, 0.1) is 6.61 Å². The van der Waals surface area contributed by atoms with Crippen molar-refractivity contribution in [3.05, 3.63) is 35.9 Å². The van der Waals surface area contributed by atoms with E-state index in [1.807, 2.05) is 42.2 Å². The second kappa shape index (κ2) is 10.8. The molecule has 0 radical (unpaired) electrons. The van der Waals surface area contributed by atoms with Gasteiger partial charge in [-0.05, 0) is 38.2 Å². The van der Waals surface area contributed by atoms with Gasteiger partial charge in [-0.25, -0.2) is 4.79 Å². The van der Waals surface area contributed by atoms with Gasteiger partial charge in [0.15, 0.2) is 0 Å². The standard InChI is InChI=1S/C20H30N2O4/c1-2-26-15-17-9-6-12-22(14-17)20(25)21-18(10-11-19(23)24)13-16-7-4-3-5-8-16/h3-5,7-8,17-18H,2,6,9-15H2,1H3,(H,21,25)(H,23,24). The molecular formula is C20H30N2O4. The number of hydrogen-bond acceptors (Lipinski definition) is 3. The fourth-order valence-electron chi connectivity index (χ4n) is 3.36. The summed E-state index contributed by atoms with van der Waals surface area (Å²) >= 11 is 0. The summed E-state index contributed by atoms with van der Waals surface area (Å²) in [4.78, 5) is 25.5. The molecule has 1 fully saturated rings. The molecule has 2 N–H and O–H groups in total. The average Bonchev–Trinajstić information content (AvgIpc) is 2.65. The maximum atomic E-state index is 12.7. The smallest absolute Gasteiger partial charge is 0.317 e. The Labute approximate surface area is 155 Å². The number of urea groups is 1. The maximum Gasteiger partial charge on any atom is 0.317 e. The van der Waals surface area contributed by atoms with Crippen molar-refractivity contribution in [2.45, 2.75) is 45.1 Å². The van der Waals surface area contributed by atoms with Crippen LogP contribution >= 0.6 is 0 Å². The van der Waals surface area contributed by atoms with Crippen LogP contribution in [0.5, 0.6) is 0 Å². The second-order valence-corrected chi connectivity index (χ2v) is 6.88. The lowest BCUT2D eigenvalue weighted by Crippen LogP contribution is -2.49. The van der Waals surface area contributed by atoms with Gasteiger partial charge in [0.25, 0.3) is 0 Å². The van der Waals surface area contributed by atoms with E-state index in [2.05, 4.69) is 5.32 Å². The number of amides is 2. The van der Waals surface area contributed by atoms with Gasteiger partial charge in [-0.3, -0.25) is 4.79 Å². The molecule has 2 rings (SSSR count). The van der Waals surface area contributed by atoms with Crippen molar-refractivity contribution in [1.82, 2.24) is 10.2 Å². The van der Waals surface area contributed by atoms with E-state index in [4.69, 9.17) is 9.84 Å². The van der Waals surface area contributed by atoms with Crippen LogP contribution in [-0.2, 0) is 16.0 Å². The summed E-state index contributed by atoms with van der Waals surface area (Å²) in [6, 6.07) is 9.56. The first-order valence-electron chi connectivity index (χ1n) is 9.47. The largest absolute Gasteiger partial charge is 0.481 e. The van der Waals surface area contributed by atoms with E-state index < -0.39 is 5.97 Å². The first kappa shape index (κ1) is 20.2. The molecule has 1 heterocycles. The number of carbonyl (C=O) groups is 2. The number of ether oxygens (including phenoxy) is 1. The molecule has 2 atom stereocenters. The summed E-state index contributed by atoms with van der Waals surface area (Å²) < 4.78 is 5.50. The Morgan fingerprint density at radius 1 is 1.35 bits per heavy atom. The van der Waals surface area contributed by atoms with Crippen LogP contribution in [0.3, 0.4) is 0 Å². The summed E-state index contributed by atoms with van der Waals surface area (Å²) in [6.07, 6.45) is 3.16. The molecule has 1 saturated heterocycles. The number of nitrogens with one attached hydrogen (secondary N) is 1. The number of benzene rings is 1. The molecule has 6 nitrogen and oxygen atoms in total. The molecule has 144 valence electrons. The fraction of sp³-hybridized carbons (Fsp3) is 0.600. The summed E-state index contributed by atoms with van der Waals surface area (Å²) in [5.41, 5.74) is 1.09. The molecule has 2 unspecified atom stereocenters. The SMILES string of the molecule is CCOCC1CCCN(C(=O)NC(CCC(=O)O)Cc2ccccc2)C1. The Morgan fingerprint density at radius 3 is 2.81 bits per heavy atom. The van der Waals surface area contributed by atoms with Crippen LogP contribution in [0.4, 0.5) is 4.79 Å². The third-order valence-electron chi connectivity index (χ3n) is 4.72. The first-order valence-corrected chi connectivity index (χ1v) is 9.47. The van der Waals surface area contributed by atoms with Crippen molar-refractivity contribution >= 4 is 12.0 Å². The second-order valence-electron chi connectivity index (χ2n) is 6.88. The van der Waals surface area contributed by atoms with Crippen LogP contribution in [0, 0.1) is 5.92 Å². The highest BCUT2D eigenvalue weighted by molar-refractivity contribution is 5.75. The highest BCUT2D eigenvalue weighted by Crippen LogP contribution is 2.17. The Bertz CT molecular complexity index is 564. The molecule has 1 aromatic carbocycles. The number of likely N-dealkylation sites (tertiary alicyclic amines) is 1. The van der Waals surface area contributed by atoms with E-state index >= 15 is 0 Å². The molecule has 1 aromatic rings. The number of rotatable bonds is 9. The van der Waals surface area contributed by atoms with Gasteiger partial charge in [0.2, 0.25) is 0 Å². The lowest BCUT2D eigenvalue weighted by molar-refractivity contribution is -0.137. The highest BCUT2D eigenvalue weighted by atomic mass is 16.5. The molecule has 1 aliphatic heterocycles. The number of piperidine rings is 1. The van der Waals surface area contributed by atoms with Crippen molar-refractivity contribution in [2.24, 2.45) is 5.92 Å². The minimum absolute atomic E-state index is 0.0464. The molecule has 0 saturated carbocycles. The Hall–Kier alpha value is -2.08. The first-order chi connectivity index (χ1) is 12.6. The number of aliphatic carboxylic acids is 1. The van der Waals surface area contributed by atoms with Crippen LogP contribution in [-0.4, -0.2) is 54.4 Å². The number of hydrogen-bond donors (Lipinski definition) is 2. The van der Waals surface area contributed by atoms with Gasteiger partial charge in [0, 0.05) is 38.1 Å². The van der Waals surface area contributed by atoms with Crippen LogP contribution in [0.25, 0.3) is 0 Å². The van der Waals surface area contributed by atoms with Crippen molar-refractivity contribution < 1.29 is 19.4 Å². The number of carboxylic acid groups (broad SMARTS) is 1. The molecule has 0 spiro atoms. The minimum Gasteiger partial charge on any atom is -0.481 e. The normalized spacial score (nSPS) is 18.3. The van der Waals surface area contributed by atoms with Crippen molar-refractivity contribution in [1.29, 1.82) is 0 Å². The molecule has 0 bridgehead atoms. The predicted octanol–water partition coefficient (Wildman–Crippen LogP) is 2.92. The van der Waals surface area contributed by atoms with E-state index in [9.17, 15) is 9.59 Å². The van der Waals surface area contributed by atoms with Gasteiger partial charge in [0.1, 0.15) is 0 Å². The summed E-state index contributed by atoms with van der Waals surface area (Å²) in [5.74, 6) is -0.465. The third-order valence-corrected chi connectivity index (χ3v) is 4.72. The van der Waals surface area contributed by atoms with Gasteiger partial charge in [-0.2, -0.15) is 0 Å². The zero-order valence-corrected chi connectivity index (χ0v) is 15.5. The van der Waals surface area contributed by atoms with Gasteiger partial charge >= 0.3 is 12.0 Å². The zero-order valence-electron chi connectivity index (χ0n) is 15.5. The van der Waals surface area contributed by atoms with Crippen LogP contribution in [0.2, 0.25) is 0 Å². The Morgan fingerprint density at radius 2 is 2.12 bits per heavy atom. The van der Waals surface area contributed by atoms with E-state index in [0.29, 0.717) is 38.5 Å². The molecule has 26 heavy (non-hydrogen) atoms. The summed E-state index contributed by atoms with van der Waals surface area (Å²) in [6.45, 7) is 4.79. The van der Waals surface area contributed by atoms with Crippen molar-refractivity contribution in [3.63, 3.8) is 0 Å². The topological polar surface area (TPSA) is 78.9 Å². The van der Waals surface area contributed by atoms with Crippen molar-refractivity contribution in [2.75, 3.05) is 26.3 Å². The average molecular weight is 362 g/mol. The number of carbonyl (C=O) groups excluding carboxylic acids is 1. The summed E-state index contributed by atoms with van der Waals surface area (Å²) in [7, 11) is 0. The Balaban J connectivity index is 1.92. The van der Waals surface area contributed by atoms with Crippen LogP contribution in [0.15, 0.2) is 30.3 Å². The fourth-order valence-corrected chi connectivity index (χ4v) is 3.36. The minimum atomic E-state index is -0.841. The van der Waals surface area contributed by atoms with Crippen molar-refractivity contribution in [3.8, 4) is 0 Å². The molecule has 0 aliphatic carbocycles. The zero-order chi connectivity index (χ0) is 18.8. The van der Waals surface area contributed by atoms with Gasteiger partial charge in [-0.1, -0.05) is 30.3 Å². The lowest BCUT2D eigenvalue weighted by atomic mass is 9.99. The summed E-state index contributed by atoms with van der Waals surface area (Å²) in [5, 5.41) is 12.0. The number of nitrogens with zero attached hydrogens (tertiary/aromatic N) is 1. The molecular weight excluding hydrogens is 332 g/mol. The van der Waals surface area contributed by atoms with E-state index in [-0.39, 0.29) is 18.5 Å². The molecule has 0 aromatic heterocycles. The third kappa shape index (κ3) is 7.04. The van der Waals surface area contributed by atoms with Crippen LogP contribution < -0.4 is 5.32 Å². The lowest BCUT2D eigenvalue weighted by Gasteiger charge is -2.34. The maximum absolute atomic E-state index is 12.7.